The van der Waals surface area contributed by atoms with E-state index in [1.807, 2.05) is 33.8 Å². The van der Waals surface area contributed by atoms with Crippen molar-refractivity contribution < 1.29 is 14.3 Å². The van der Waals surface area contributed by atoms with Gasteiger partial charge in [-0.3, -0.25) is 4.98 Å². The summed E-state index contributed by atoms with van der Waals surface area (Å²) in [4.78, 5) is 18.0. The first-order chi connectivity index (χ1) is 9.76. The standard InChI is InChI=1S/C15H21BrN2O3/c1-10-13(7-11(16)8-17-10)20-9-12-5-6-18(12)14(19)21-15(2,3)4/h7-8,12H,5-6,9H2,1-4H3/t12-/m1/s1. The van der Waals surface area contributed by atoms with E-state index in [1.54, 1.807) is 11.1 Å². The van der Waals surface area contributed by atoms with E-state index in [2.05, 4.69) is 20.9 Å². The number of nitrogens with zero attached hydrogens (tertiary/aromatic N) is 2. The number of rotatable bonds is 3. The van der Waals surface area contributed by atoms with Gasteiger partial charge in [0.15, 0.2) is 0 Å². The van der Waals surface area contributed by atoms with Crippen molar-refractivity contribution >= 4 is 22.0 Å². The van der Waals surface area contributed by atoms with Crippen molar-refractivity contribution in [3.8, 4) is 5.75 Å². The zero-order chi connectivity index (χ0) is 15.6. The Hall–Kier alpha value is -1.30. The fourth-order valence-electron chi connectivity index (χ4n) is 2.00. The Morgan fingerprint density at radius 1 is 1.52 bits per heavy atom. The summed E-state index contributed by atoms with van der Waals surface area (Å²) in [5.74, 6) is 0.736. The molecule has 0 N–H and O–H groups in total. The summed E-state index contributed by atoms with van der Waals surface area (Å²) in [7, 11) is 0. The van der Waals surface area contributed by atoms with E-state index in [1.165, 1.54) is 0 Å². The Morgan fingerprint density at radius 3 is 2.81 bits per heavy atom. The monoisotopic (exact) mass is 356 g/mol. The Balaban J connectivity index is 1.89. The fourth-order valence-corrected chi connectivity index (χ4v) is 2.31. The summed E-state index contributed by atoms with van der Waals surface area (Å²) in [6.07, 6.45) is 2.39. The van der Waals surface area contributed by atoms with Crippen molar-refractivity contribution in [2.24, 2.45) is 0 Å². The van der Waals surface area contributed by atoms with Crippen LogP contribution >= 0.6 is 15.9 Å². The van der Waals surface area contributed by atoms with E-state index in [9.17, 15) is 4.79 Å². The Bertz CT molecular complexity index is 528. The molecule has 5 nitrogen and oxygen atoms in total. The quantitative estimate of drug-likeness (QED) is 0.830. The van der Waals surface area contributed by atoms with Gasteiger partial charge in [-0.05, 0) is 56.1 Å². The highest BCUT2D eigenvalue weighted by atomic mass is 79.9. The van der Waals surface area contributed by atoms with Gasteiger partial charge >= 0.3 is 6.09 Å². The third kappa shape index (κ3) is 4.33. The molecular formula is C15H21BrN2O3. The minimum Gasteiger partial charge on any atom is -0.489 e. The minimum atomic E-state index is -0.469. The second-order valence-electron chi connectivity index (χ2n) is 6.16. The van der Waals surface area contributed by atoms with Crippen LogP contribution in [0.25, 0.3) is 0 Å². The number of amides is 1. The summed E-state index contributed by atoms with van der Waals surface area (Å²) >= 11 is 3.38. The molecule has 21 heavy (non-hydrogen) atoms. The van der Waals surface area contributed by atoms with Gasteiger partial charge in [-0.2, -0.15) is 0 Å². The maximum absolute atomic E-state index is 12.0. The number of pyridine rings is 1. The van der Waals surface area contributed by atoms with Gasteiger partial charge in [-0.15, -0.1) is 0 Å². The lowest BCUT2D eigenvalue weighted by atomic mass is 10.1. The highest BCUT2D eigenvalue weighted by Gasteiger charge is 2.35. The molecular weight excluding hydrogens is 336 g/mol. The Kier molecular flexibility index (Phi) is 4.76. The van der Waals surface area contributed by atoms with Gasteiger partial charge in [-0.25, -0.2) is 4.79 Å². The molecule has 1 aromatic rings. The maximum Gasteiger partial charge on any atom is 0.410 e. The molecule has 116 valence electrons. The zero-order valence-corrected chi connectivity index (χ0v) is 14.4. The molecule has 1 aliphatic rings. The summed E-state index contributed by atoms with van der Waals surface area (Å²) in [5, 5.41) is 0. The number of hydrogen-bond donors (Lipinski definition) is 0. The molecule has 2 rings (SSSR count). The second-order valence-corrected chi connectivity index (χ2v) is 7.08. The van der Waals surface area contributed by atoms with E-state index in [4.69, 9.17) is 9.47 Å². The lowest BCUT2D eigenvalue weighted by Crippen LogP contribution is -2.55. The summed E-state index contributed by atoms with van der Waals surface area (Å²) in [6, 6.07) is 1.96. The normalized spacial score (nSPS) is 18.1. The van der Waals surface area contributed by atoms with Crippen LogP contribution in [0.15, 0.2) is 16.7 Å². The van der Waals surface area contributed by atoms with Gasteiger partial charge in [0.1, 0.15) is 18.0 Å². The average molecular weight is 357 g/mol. The van der Waals surface area contributed by atoms with E-state index in [-0.39, 0.29) is 12.1 Å². The average Bonchev–Trinajstić information content (AvgIpc) is 2.29. The fraction of sp³-hybridized carbons (Fsp3) is 0.600. The van der Waals surface area contributed by atoms with Crippen LogP contribution in [0, 0.1) is 6.92 Å². The van der Waals surface area contributed by atoms with E-state index >= 15 is 0 Å². The third-order valence-electron chi connectivity index (χ3n) is 3.21. The predicted octanol–water partition coefficient (Wildman–Crippen LogP) is 3.54. The van der Waals surface area contributed by atoms with Crippen LogP contribution in [-0.4, -0.2) is 40.8 Å². The molecule has 0 saturated carbocycles. The van der Waals surface area contributed by atoms with Crippen LogP contribution in [0.2, 0.25) is 0 Å². The number of aryl methyl sites for hydroxylation is 1. The molecule has 1 saturated heterocycles. The van der Waals surface area contributed by atoms with Gasteiger partial charge in [0, 0.05) is 17.2 Å². The van der Waals surface area contributed by atoms with Crippen molar-refractivity contribution in [1.29, 1.82) is 0 Å². The molecule has 0 aliphatic carbocycles. The van der Waals surface area contributed by atoms with Crippen molar-refractivity contribution in [3.63, 3.8) is 0 Å². The summed E-state index contributed by atoms with van der Waals surface area (Å²) < 4.78 is 12.0. The van der Waals surface area contributed by atoms with Crippen LogP contribution in [0.4, 0.5) is 4.79 Å². The molecule has 2 heterocycles. The molecule has 1 aromatic heterocycles. The zero-order valence-electron chi connectivity index (χ0n) is 12.9. The van der Waals surface area contributed by atoms with Crippen LogP contribution in [0.3, 0.4) is 0 Å². The topological polar surface area (TPSA) is 51.7 Å². The lowest BCUT2D eigenvalue weighted by molar-refractivity contribution is -0.0142. The smallest absolute Gasteiger partial charge is 0.410 e. The molecule has 1 aliphatic heterocycles. The first-order valence-corrected chi connectivity index (χ1v) is 7.80. The van der Waals surface area contributed by atoms with Crippen LogP contribution in [-0.2, 0) is 4.74 Å². The van der Waals surface area contributed by atoms with Gasteiger partial charge in [0.2, 0.25) is 0 Å². The number of likely N-dealkylation sites (tertiary alicyclic amines) is 1. The molecule has 0 radical (unpaired) electrons. The number of hydrogen-bond acceptors (Lipinski definition) is 4. The number of aromatic nitrogens is 1. The van der Waals surface area contributed by atoms with Gasteiger partial charge in [0.05, 0.1) is 11.7 Å². The number of carbonyl (C=O) groups is 1. The molecule has 0 spiro atoms. The Morgan fingerprint density at radius 2 is 2.24 bits per heavy atom. The predicted molar refractivity (Wildman–Crippen MR) is 83.5 cm³/mol. The Labute approximate surface area is 133 Å². The number of carbonyl (C=O) groups excluding carboxylic acids is 1. The molecule has 0 bridgehead atoms. The van der Waals surface area contributed by atoms with Crippen molar-refractivity contribution in [1.82, 2.24) is 9.88 Å². The summed E-state index contributed by atoms with van der Waals surface area (Å²) in [5.41, 5.74) is 0.365. The largest absolute Gasteiger partial charge is 0.489 e. The van der Waals surface area contributed by atoms with Gasteiger partial charge < -0.3 is 14.4 Å². The second kappa shape index (κ2) is 6.22. The summed E-state index contributed by atoms with van der Waals surface area (Å²) in [6.45, 7) is 8.68. The molecule has 1 atom stereocenters. The molecule has 0 unspecified atom stereocenters. The van der Waals surface area contributed by atoms with Crippen molar-refractivity contribution in [3.05, 3.63) is 22.4 Å². The van der Waals surface area contributed by atoms with Gasteiger partial charge in [0.25, 0.3) is 0 Å². The van der Waals surface area contributed by atoms with Gasteiger partial charge in [-0.1, -0.05) is 0 Å². The van der Waals surface area contributed by atoms with Crippen molar-refractivity contribution in [2.75, 3.05) is 13.2 Å². The highest BCUT2D eigenvalue weighted by Crippen LogP contribution is 2.25. The molecule has 6 heteroatoms. The van der Waals surface area contributed by atoms with E-state index in [0.29, 0.717) is 6.61 Å². The highest BCUT2D eigenvalue weighted by molar-refractivity contribution is 9.10. The van der Waals surface area contributed by atoms with Crippen molar-refractivity contribution in [2.45, 2.75) is 45.8 Å². The van der Waals surface area contributed by atoms with Crippen LogP contribution < -0.4 is 4.74 Å². The maximum atomic E-state index is 12.0. The SMILES string of the molecule is Cc1ncc(Br)cc1OC[C@H]1CCN1C(=O)OC(C)(C)C. The molecule has 0 aromatic carbocycles. The number of ether oxygens (including phenoxy) is 2. The first kappa shape index (κ1) is 16.1. The molecule has 1 amide bonds. The number of halogens is 1. The van der Waals surface area contributed by atoms with E-state index < -0.39 is 5.60 Å². The van der Waals surface area contributed by atoms with Crippen LogP contribution in [0.5, 0.6) is 5.75 Å². The van der Waals surface area contributed by atoms with E-state index in [0.717, 1.165) is 28.9 Å². The lowest BCUT2D eigenvalue weighted by Gasteiger charge is -2.41. The van der Waals surface area contributed by atoms with Crippen LogP contribution in [0.1, 0.15) is 32.9 Å². The minimum absolute atomic E-state index is 0.0678. The first-order valence-electron chi connectivity index (χ1n) is 7.01. The molecule has 1 fully saturated rings. The third-order valence-corrected chi connectivity index (χ3v) is 3.64.